The van der Waals surface area contributed by atoms with Crippen LogP contribution in [0.4, 0.5) is 5.69 Å². The molecular formula is C15H23N3O2. The SMILES string of the molecule is CNC(=O)c1cccc(NC(=O)CCCNC(C)C)c1. The van der Waals surface area contributed by atoms with E-state index in [2.05, 4.69) is 29.8 Å². The van der Waals surface area contributed by atoms with Crippen LogP contribution < -0.4 is 16.0 Å². The number of carbonyl (C=O) groups is 2. The molecule has 0 aromatic heterocycles. The van der Waals surface area contributed by atoms with Crippen LogP contribution in [0.5, 0.6) is 0 Å². The average molecular weight is 277 g/mol. The van der Waals surface area contributed by atoms with E-state index in [0.717, 1.165) is 13.0 Å². The summed E-state index contributed by atoms with van der Waals surface area (Å²) in [6.07, 6.45) is 1.25. The molecule has 0 bridgehead atoms. The van der Waals surface area contributed by atoms with Crippen LogP contribution in [-0.4, -0.2) is 31.4 Å². The zero-order valence-electron chi connectivity index (χ0n) is 12.3. The molecule has 2 amide bonds. The molecule has 0 saturated carbocycles. The van der Waals surface area contributed by atoms with Crippen molar-refractivity contribution in [1.82, 2.24) is 10.6 Å². The Bertz CT molecular complexity index is 458. The van der Waals surface area contributed by atoms with E-state index >= 15 is 0 Å². The highest BCUT2D eigenvalue weighted by Crippen LogP contribution is 2.11. The van der Waals surface area contributed by atoms with Crippen molar-refractivity contribution in [1.29, 1.82) is 0 Å². The molecule has 0 aliphatic heterocycles. The molecule has 5 nitrogen and oxygen atoms in total. The molecule has 0 saturated heterocycles. The lowest BCUT2D eigenvalue weighted by molar-refractivity contribution is -0.116. The van der Waals surface area contributed by atoms with Crippen molar-refractivity contribution in [2.45, 2.75) is 32.7 Å². The number of amides is 2. The predicted octanol–water partition coefficient (Wildman–Crippen LogP) is 1.76. The Kier molecular flexibility index (Phi) is 6.73. The summed E-state index contributed by atoms with van der Waals surface area (Å²) in [5.74, 6) is -0.202. The van der Waals surface area contributed by atoms with Crippen LogP contribution in [0.3, 0.4) is 0 Å². The van der Waals surface area contributed by atoms with Crippen molar-refractivity contribution in [3.8, 4) is 0 Å². The fourth-order valence-corrected chi connectivity index (χ4v) is 1.75. The monoisotopic (exact) mass is 277 g/mol. The van der Waals surface area contributed by atoms with Crippen LogP contribution in [0.15, 0.2) is 24.3 Å². The Morgan fingerprint density at radius 2 is 2.00 bits per heavy atom. The summed E-state index contributed by atoms with van der Waals surface area (Å²) >= 11 is 0. The molecule has 5 heteroatoms. The molecule has 1 aromatic rings. The molecule has 110 valence electrons. The van der Waals surface area contributed by atoms with Crippen molar-refractivity contribution in [3.05, 3.63) is 29.8 Å². The highest BCUT2D eigenvalue weighted by Gasteiger charge is 2.06. The van der Waals surface area contributed by atoms with Gasteiger partial charge in [0.25, 0.3) is 5.91 Å². The molecule has 1 aromatic carbocycles. The van der Waals surface area contributed by atoms with E-state index in [4.69, 9.17) is 0 Å². The van der Waals surface area contributed by atoms with Crippen molar-refractivity contribution < 1.29 is 9.59 Å². The number of hydrogen-bond acceptors (Lipinski definition) is 3. The summed E-state index contributed by atoms with van der Waals surface area (Å²) < 4.78 is 0. The van der Waals surface area contributed by atoms with Gasteiger partial charge in [-0.25, -0.2) is 0 Å². The third-order valence-corrected chi connectivity index (χ3v) is 2.77. The Balaban J connectivity index is 2.43. The summed E-state index contributed by atoms with van der Waals surface area (Å²) in [6.45, 7) is 4.97. The van der Waals surface area contributed by atoms with Crippen LogP contribution in [-0.2, 0) is 4.79 Å². The van der Waals surface area contributed by atoms with Crippen molar-refractivity contribution in [3.63, 3.8) is 0 Å². The summed E-state index contributed by atoms with van der Waals surface area (Å²) in [5.41, 5.74) is 1.18. The molecular weight excluding hydrogens is 254 g/mol. The predicted molar refractivity (Wildman–Crippen MR) is 80.8 cm³/mol. The van der Waals surface area contributed by atoms with Gasteiger partial charge in [-0.05, 0) is 31.2 Å². The zero-order valence-corrected chi connectivity index (χ0v) is 12.3. The first-order chi connectivity index (χ1) is 9.52. The van der Waals surface area contributed by atoms with Gasteiger partial charge in [-0.3, -0.25) is 9.59 Å². The van der Waals surface area contributed by atoms with Gasteiger partial charge in [-0.1, -0.05) is 19.9 Å². The number of benzene rings is 1. The van der Waals surface area contributed by atoms with Gasteiger partial charge in [0.2, 0.25) is 5.91 Å². The minimum absolute atomic E-state index is 0.0374. The first-order valence-electron chi connectivity index (χ1n) is 6.88. The highest BCUT2D eigenvalue weighted by atomic mass is 16.2. The van der Waals surface area contributed by atoms with Crippen molar-refractivity contribution in [2.75, 3.05) is 18.9 Å². The molecule has 0 spiro atoms. The quantitative estimate of drug-likeness (QED) is 0.665. The molecule has 0 fully saturated rings. The van der Waals surface area contributed by atoms with Crippen LogP contribution >= 0.6 is 0 Å². The number of hydrogen-bond donors (Lipinski definition) is 3. The summed E-state index contributed by atoms with van der Waals surface area (Å²) in [4.78, 5) is 23.3. The average Bonchev–Trinajstić information content (AvgIpc) is 2.43. The van der Waals surface area contributed by atoms with E-state index in [0.29, 0.717) is 23.7 Å². The molecule has 0 atom stereocenters. The second-order valence-electron chi connectivity index (χ2n) is 4.92. The lowest BCUT2D eigenvalue weighted by Gasteiger charge is -2.09. The Morgan fingerprint density at radius 3 is 2.65 bits per heavy atom. The van der Waals surface area contributed by atoms with Crippen molar-refractivity contribution in [2.24, 2.45) is 0 Å². The number of rotatable bonds is 7. The minimum atomic E-state index is -0.165. The van der Waals surface area contributed by atoms with E-state index in [1.165, 1.54) is 0 Å². The fourth-order valence-electron chi connectivity index (χ4n) is 1.75. The maximum absolute atomic E-state index is 11.8. The van der Waals surface area contributed by atoms with Gasteiger partial charge in [-0.15, -0.1) is 0 Å². The van der Waals surface area contributed by atoms with Gasteiger partial charge in [0, 0.05) is 30.8 Å². The summed E-state index contributed by atoms with van der Waals surface area (Å²) in [7, 11) is 1.58. The second kappa shape index (κ2) is 8.32. The highest BCUT2D eigenvalue weighted by molar-refractivity contribution is 5.97. The molecule has 3 N–H and O–H groups in total. The maximum atomic E-state index is 11.8. The minimum Gasteiger partial charge on any atom is -0.355 e. The standard InChI is InChI=1S/C15H23N3O2/c1-11(2)17-9-5-8-14(19)18-13-7-4-6-12(10-13)15(20)16-3/h4,6-7,10-11,17H,5,8-9H2,1-3H3,(H,16,20)(H,18,19). The Labute approximate surface area is 120 Å². The number of anilines is 1. The molecule has 0 radical (unpaired) electrons. The first kappa shape index (κ1) is 16.2. The van der Waals surface area contributed by atoms with Gasteiger partial charge in [0.15, 0.2) is 0 Å². The van der Waals surface area contributed by atoms with Gasteiger partial charge < -0.3 is 16.0 Å². The molecule has 0 unspecified atom stereocenters. The van der Waals surface area contributed by atoms with Crippen LogP contribution in [0.25, 0.3) is 0 Å². The van der Waals surface area contributed by atoms with E-state index < -0.39 is 0 Å². The van der Waals surface area contributed by atoms with Gasteiger partial charge >= 0.3 is 0 Å². The maximum Gasteiger partial charge on any atom is 0.251 e. The third kappa shape index (κ3) is 5.84. The normalized spacial score (nSPS) is 10.4. The van der Waals surface area contributed by atoms with E-state index in [-0.39, 0.29) is 11.8 Å². The second-order valence-corrected chi connectivity index (χ2v) is 4.92. The fraction of sp³-hybridized carbons (Fsp3) is 0.467. The summed E-state index contributed by atoms with van der Waals surface area (Å²) in [6, 6.07) is 7.34. The summed E-state index contributed by atoms with van der Waals surface area (Å²) in [5, 5.41) is 8.62. The molecule has 1 rings (SSSR count). The van der Waals surface area contributed by atoms with Gasteiger partial charge in [0.1, 0.15) is 0 Å². The van der Waals surface area contributed by atoms with Crippen molar-refractivity contribution >= 4 is 17.5 Å². The van der Waals surface area contributed by atoms with Crippen LogP contribution in [0, 0.1) is 0 Å². The Morgan fingerprint density at radius 1 is 1.25 bits per heavy atom. The van der Waals surface area contributed by atoms with Crippen LogP contribution in [0.1, 0.15) is 37.0 Å². The van der Waals surface area contributed by atoms with E-state index in [1.807, 2.05) is 0 Å². The molecule has 0 heterocycles. The topological polar surface area (TPSA) is 70.2 Å². The molecule has 20 heavy (non-hydrogen) atoms. The largest absolute Gasteiger partial charge is 0.355 e. The smallest absolute Gasteiger partial charge is 0.251 e. The van der Waals surface area contributed by atoms with Gasteiger partial charge in [-0.2, -0.15) is 0 Å². The molecule has 0 aliphatic carbocycles. The first-order valence-corrected chi connectivity index (χ1v) is 6.88. The third-order valence-electron chi connectivity index (χ3n) is 2.77. The Hall–Kier alpha value is -1.88. The zero-order chi connectivity index (χ0) is 15.0. The van der Waals surface area contributed by atoms with Gasteiger partial charge in [0.05, 0.1) is 0 Å². The molecule has 0 aliphatic rings. The number of carbonyl (C=O) groups excluding carboxylic acids is 2. The lowest BCUT2D eigenvalue weighted by Crippen LogP contribution is -2.24. The van der Waals surface area contributed by atoms with E-state index in [1.54, 1.807) is 31.3 Å². The van der Waals surface area contributed by atoms with E-state index in [9.17, 15) is 9.59 Å². The lowest BCUT2D eigenvalue weighted by atomic mass is 10.2. The van der Waals surface area contributed by atoms with Crippen LogP contribution in [0.2, 0.25) is 0 Å². The number of nitrogens with one attached hydrogen (secondary N) is 3.